The third-order valence-electron chi connectivity index (χ3n) is 5.17. The van der Waals surface area contributed by atoms with Gasteiger partial charge in [0.25, 0.3) is 0 Å². The Kier molecular flexibility index (Phi) is 4.04. The van der Waals surface area contributed by atoms with Crippen molar-refractivity contribution in [3.05, 3.63) is 53.1 Å². The topological polar surface area (TPSA) is 51.4 Å². The van der Waals surface area contributed by atoms with Crippen molar-refractivity contribution in [3.8, 4) is 22.6 Å². The molecule has 0 aromatic heterocycles. The number of nitrogens with one attached hydrogen (secondary N) is 1. The molecular formula is C22H25NO2. The monoisotopic (exact) mass is 335 g/mol. The van der Waals surface area contributed by atoms with Crippen molar-refractivity contribution in [3.63, 3.8) is 0 Å². The fraction of sp³-hybridized carbons (Fsp3) is 0.364. The van der Waals surface area contributed by atoms with Crippen LogP contribution in [0.2, 0.25) is 0 Å². The van der Waals surface area contributed by atoms with Crippen LogP contribution < -0.4 is 10.1 Å². The van der Waals surface area contributed by atoms with Gasteiger partial charge in [-0.15, -0.1) is 0 Å². The molecule has 1 fully saturated rings. The molecule has 0 spiro atoms. The Bertz CT molecular complexity index is 850. The minimum Gasteiger partial charge on any atom is -0.507 e. The number of unbranched alkanes of at least 4 members (excludes halogenated alkanes) is 2. The van der Waals surface area contributed by atoms with Crippen LogP contribution in [-0.4, -0.2) is 11.7 Å². The lowest BCUT2D eigenvalue weighted by Crippen LogP contribution is -2.07. The van der Waals surface area contributed by atoms with E-state index in [1.54, 1.807) is 0 Å². The van der Waals surface area contributed by atoms with Crippen molar-refractivity contribution in [1.29, 1.82) is 0 Å². The van der Waals surface area contributed by atoms with Crippen LogP contribution >= 0.6 is 0 Å². The third kappa shape index (κ3) is 2.83. The minimum absolute atomic E-state index is 0.264. The first-order chi connectivity index (χ1) is 12.1. The lowest BCUT2D eigenvalue weighted by Gasteiger charge is -2.26. The van der Waals surface area contributed by atoms with Crippen LogP contribution in [0.1, 0.15) is 54.5 Å². The van der Waals surface area contributed by atoms with Crippen LogP contribution in [-0.2, 0) is 6.42 Å². The molecule has 3 heteroatoms. The predicted molar refractivity (Wildman–Crippen MR) is 102 cm³/mol. The molecular weight excluding hydrogens is 310 g/mol. The van der Waals surface area contributed by atoms with Crippen LogP contribution in [0.25, 0.3) is 16.9 Å². The Labute approximate surface area is 149 Å². The van der Waals surface area contributed by atoms with Gasteiger partial charge >= 0.3 is 0 Å². The normalized spacial score (nSPS) is 17.7. The van der Waals surface area contributed by atoms with Crippen LogP contribution in [0, 0.1) is 6.92 Å². The third-order valence-corrected chi connectivity index (χ3v) is 5.17. The van der Waals surface area contributed by atoms with Crippen molar-refractivity contribution >= 4 is 5.76 Å². The number of fused-ring (bicyclic) bond motifs is 3. The van der Waals surface area contributed by atoms with E-state index in [4.69, 9.17) is 4.74 Å². The predicted octanol–water partition coefficient (Wildman–Crippen LogP) is 5.11. The fourth-order valence-corrected chi connectivity index (χ4v) is 3.77. The first-order valence-electron chi connectivity index (χ1n) is 9.20. The lowest BCUT2D eigenvalue weighted by atomic mass is 9.88. The van der Waals surface area contributed by atoms with E-state index >= 15 is 0 Å². The zero-order valence-electron chi connectivity index (χ0n) is 15.0. The zero-order valence-corrected chi connectivity index (χ0v) is 15.0. The number of phenolic OH excluding ortho intramolecular Hbond substituents is 1. The van der Waals surface area contributed by atoms with E-state index < -0.39 is 0 Å². The number of ether oxygens (including phenoxy) is 1. The number of hydrogen-bond donors (Lipinski definition) is 2. The Morgan fingerprint density at radius 2 is 2.04 bits per heavy atom. The molecule has 2 aromatic rings. The van der Waals surface area contributed by atoms with Crippen molar-refractivity contribution in [2.75, 3.05) is 6.54 Å². The molecule has 0 aliphatic carbocycles. The molecule has 3 nitrogen and oxygen atoms in total. The quantitative estimate of drug-likeness (QED) is 0.590. The molecule has 25 heavy (non-hydrogen) atoms. The number of aryl methyl sites for hydroxylation is 2. The standard InChI is InChI=1S/C22H25NO2/c1-4-5-6-7-15-11-19-21(22(24)20(15)18-12-23-18)17-10-13(2)8-9-16(17)14(3)25-19/h8-11,18,23-24H,3-7,12H2,1-2H3. The van der Waals surface area contributed by atoms with E-state index in [1.165, 1.54) is 18.4 Å². The average Bonchev–Trinajstić information content (AvgIpc) is 3.39. The number of phenols is 1. The second-order valence-corrected chi connectivity index (χ2v) is 7.16. The molecule has 130 valence electrons. The van der Waals surface area contributed by atoms with Gasteiger partial charge in [-0.2, -0.15) is 0 Å². The second kappa shape index (κ2) is 6.23. The Hall–Kier alpha value is -2.26. The molecule has 4 rings (SSSR count). The summed E-state index contributed by atoms with van der Waals surface area (Å²) in [4.78, 5) is 0. The highest BCUT2D eigenvalue weighted by molar-refractivity contribution is 5.91. The summed E-state index contributed by atoms with van der Waals surface area (Å²) in [7, 11) is 0. The van der Waals surface area contributed by atoms with Gasteiger partial charge in [-0.1, -0.05) is 50.1 Å². The number of rotatable bonds is 5. The smallest absolute Gasteiger partial charge is 0.139 e. The summed E-state index contributed by atoms with van der Waals surface area (Å²) in [6.45, 7) is 9.28. The van der Waals surface area contributed by atoms with Crippen molar-refractivity contribution in [2.45, 2.75) is 45.6 Å². The van der Waals surface area contributed by atoms with Gasteiger partial charge in [0.05, 0.1) is 5.56 Å². The first-order valence-corrected chi connectivity index (χ1v) is 9.20. The highest BCUT2D eigenvalue weighted by Crippen LogP contribution is 2.51. The summed E-state index contributed by atoms with van der Waals surface area (Å²) in [5.74, 6) is 1.76. The van der Waals surface area contributed by atoms with Gasteiger partial charge in [-0.3, -0.25) is 0 Å². The fourth-order valence-electron chi connectivity index (χ4n) is 3.77. The molecule has 2 heterocycles. The molecule has 2 aliphatic rings. The van der Waals surface area contributed by atoms with Crippen molar-refractivity contribution < 1.29 is 9.84 Å². The molecule has 1 unspecified atom stereocenters. The molecule has 0 saturated carbocycles. The second-order valence-electron chi connectivity index (χ2n) is 7.16. The maximum atomic E-state index is 11.2. The van der Waals surface area contributed by atoms with E-state index in [2.05, 4.69) is 43.9 Å². The summed E-state index contributed by atoms with van der Waals surface area (Å²) in [6, 6.07) is 8.58. The highest BCUT2D eigenvalue weighted by Gasteiger charge is 2.33. The largest absolute Gasteiger partial charge is 0.507 e. The summed E-state index contributed by atoms with van der Waals surface area (Å²) in [6.07, 6.45) is 4.49. The molecule has 1 saturated heterocycles. The van der Waals surface area contributed by atoms with Gasteiger partial charge in [-0.25, -0.2) is 0 Å². The van der Waals surface area contributed by atoms with Crippen molar-refractivity contribution in [2.24, 2.45) is 0 Å². The number of aromatic hydroxyl groups is 1. The summed E-state index contributed by atoms with van der Waals surface area (Å²) >= 11 is 0. The van der Waals surface area contributed by atoms with E-state index in [-0.39, 0.29) is 6.04 Å². The Morgan fingerprint density at radius 1 is 1.24 bits per heavy atom. The summed E-state index contributed by atoms with van der Waals surface area (Å²) in [5, 5.41) is 14.5. The average molecular weight is 335 g/mol. The van der Waals surface area contributed by atoms with E-state index in [0.717, 1.165) is 53.0 Å². The zero-order chi connectivity index (χ0) is 17.6. The van der Waals surface area contributed by atoms with Crippen LogP contribution in [0.5, 0.6) is 11.5 Å². The maximum Gasteiger partial charge on any atom is 0.139 e. The van der Waals surface area contributed by atoms with Crippen molar-refractivity contribution in [1.82, 2.24) is 5.32 Å². The van der Waals surface area contributed by atoms with Gasteiger partial charge in [-0.05, 0) is 31.4 Å². The van der Waals surface area contributed by atoms with Crippen LogP contribution in [0.3, 0.4) is 0 Å². The molecule has 2 aliphatic heterocycles. The number of benzene rings is 2. The van der Waals surface area contributed by atoms with Gasteiger partial charge in [0.2, 0.25) is 0 Å². The first kappa shape index (κ1) is 16.2. The molecule has 1 atom stereocenters. The van der Waals surface area contributed by atoms with Gasteiger partial charge in [0.1, 0.15) is 17.3 Å². The Morgan fingerprint density at radius 3 is 2.76 bits per heavy atom. The number of hydrogen-bond acceptors (Lipinski definition) is 3. The van der Waals surface area contributed by atoms with E-state index in [0.29, 0.717) is 11.5 Å². The molecule has 0 radical (unpaired) electrons. The Balaban J connectivity index is 1.88. The van der Waals surface area contributed by atoms with Gasteiger partial charge in [0, 0.05) is 29.3 Å². The lowest BCUT2D eigenvalue weighted by molar-refractivity contribution is 0.456. The van der Waals surface area contributed by atoms with Gasteiger partial charge < -0.3 is 15.2 Å². The van der Waals surface area contributed by atoms with E-state index in [1.807, 2.05) is 6.07 Å². The van der Waals surface area contributed by atoms with Crippen LogP contribution in [0.15, 0.2) is 30.8 Å². The minimum atomic E-state index is 0.264. The molecule has 0 amide bonds. The van der Waals surface area contributed by atoms with Gasteiger partial charge in [0.15, 0.2) is 0 Å². The highest BCUT2D eigenvalue weighted by atomic mass is 16.5. The molecule has 2 N–H and O–H groups in total. The van der Waals surface area contributed by atoms with E-state index in [9.17, 15) is 5.11 Å². The SMILES string of the molecule is C=C1Oc2cc(CCCCC)c(C3CN3)c(O)c2-c2cc(C)ccc21. The van der Waals surface area contributed by atoms with Crippen LogP contribution in [0.4, 0.5) is 0 Å². The maximum absolute atomic E-state index is 11.2. The molecule has 2 aromatic carbocycles. The molecule has 0 bridgehead atoms. The summed E-state index contributed by atoms with van der Waals surface area (Å²) in [5.41, 5.74) is 6.21. The summed E-state index contributed by atoms with van der Waals surface area (Å²) < 4.78 is 6.01.